The van der Waals surface area contributed by atoms with Crippen LogP contribution in [0, 0.1) is 0 Å². The predicted octanol–water partition coefficient (Wildman–Crippen LogP) is 20.4. The summed E-state index contributed by atoms with van der Waals surface area (Å²) in [7, 11) is 0. The average molecular weight is 1080 g/mol. The van der Waals surface area contributed by atoms with Gasteiger partial charge in [0.15, 0.2) is 11.0 Å². The molecular formula is C78H67N4O+. The summed E-state index contributed by atoms with van der Waals surface area (Å²) in [5.74, 6) is 2.34. The van der Waals surface area contributed by atoms with Gasteiger partial charge in [-0.3, -0.25) is 4.57 Å². The summed E-state index contributed by atoms with van der Waals surface area (Å²) in [6.07, 6.45) is 4.23. The third kappa shape index (κ3) is 9.03. The van der Waals surface area contributed by atoms with Gasteiger partial charge in [-0.1, -0.05) is 226 Å². The molecule has 0 saturated carbocycles. The molecule has 1 aliphatic rings. The van der Waals surface area contributed by atoms with Gasteiger partial charge in [0.05, 0.1) is 11.2 Å². The number of pyridine rings is 1. The van der Waals surface area contributed by atoms with Gasteiger partial charge >= 0.3 is 0 Å². The molecule has 1 aliphatic carbocycles. The van der Waals surface area contributed by atoms with E-state index in [1.807, 2.05) is 6.20 Å². The third-order valence-electron chi connectivity index (χ3n) is 16.9. The number of hydrogen-bond donors (Lipinski definition) is 0. The zero-order valence-electron chi connectivity index (χ0n) is 48.8. The summed E-state index contributed by atoms with van der Waals surface area (Å²) in [6, 6.07) is 84.3. The van der Waals surface area contributed by atoms with E-state index in [1.54, 1.807) is 0 Å². The maximum absolute atomic E-state index is 7.09. The Labute approximate surface area is 487 Å². The lowest BCUT2D eigenvalue weighted by Gasteiger charge is -2.26. The van der Waals surface area contributed by atoms with Crippen LogP contribution in [-0.4, -0.2) is 14.1 Å². The van der Waals surface area contributed by atoms with Crippen LogP contribution in [0.3, 0.4) is 0 Å². The molecule has 10 aromatic carbocycles. The minimum absolute atomic E-state index is 0.0630. The molecule has 0 radical (unpaired) electrons. The fraction of sp³-hybridized carbons (Fsp3) is 0.154. The fourth-order valence-electron chi connectivity index (χ4n) is 12.5. The molecule has 0 spiro atoms. The molecule has 83 heavy (non-hydrogen) atoms. The Morgan fingerprint density at radius 1 is 0.410 bits per heavy atom. The Balaban J connectivity index is 0.936. The molecule has 0 N–H and O–H groups in total. The SMILES string of the molecule is CC(C)(C)c1cc(-c2cccc(-c3cccc(-c4ccccc4)c3)c2-[n+]2cn(-c3cccc(Oc4ccc5c6c(n(-c7cc(C(C)(C)C)ccn7)c5c4)-c4ccccc4-c4cccc5cccc-6c45)c3)c3ccccc32)cc(C(C)(C)C)c1. The third-order valence-corrected chi connectivity index (χ3v) is 16.9. The highest BCUT2D eigenvalue weighted by Gasteiger charge is 2.31. The highest BCUT2D eigenvalue weighted by molar-refractivity contribution is 6.19. The van der Waals surface area contributed by atoms with Crippen LogP contribution in [0.15, 0.2) is 243 Å². The van der Waals surface area contributed by atoms with Crippen molar-refractivity contribution < 1.29 is 9.30 Å². The van der Waals surface area contributed by atoms with E-state index in [-0.39, 0.29) is 16.2 Å². The predicted molar refractivity (Wildman–Crippen MR) is 346 cm³/mol. The monoisotopic (exact) mass is 1080 g/mol. The fourth-order valence-corrected chi connectivity index (χ4v) is 12.5. The van der Waals surface area contributed by atoms with E-state index in [1.165, 1.54) is 72.0 Å². The van der Waals surface area contributed by atoms with Gasteiger partial charge in [-0.15, -0.1) is 0 Å². The minimum Gasteiger partial charge on any atom is -0.457 e. The first kappa shape index (κ1) is 51.6. The normalized spacial score (nSPS) is 12.4. The topological polar surface area (TPSA) is 35.9 Å². The van der Waals surface area contributed by atoms with E-state index in [2.05, 4.69) is 313 Å². The number of ether oxygens (including phenoxy) is 1. The number of fused-ring (bicyclic) bond motifs is 8. The highest BCUT2D eigenvalue weighted by atomic mass is 16.5. The van der Waals surface area contributed by atoms with Gasteiger partial charge in [-0.2, -0.15) is 9.13 Å². The smallest absolute Gasteiger partial charge is 0.255 e. The molecule has 0 fully saturated rings. The Kier molecular flexibility index (Phi) is 12.2. The van der Waals surface area contributed by atoms with Crippen molar-refractivity contribution in [2.24, 2.45) is 0 Å². The second-order valence-electron chi connectivity index (χ2n) is 25.5. The first-order chi connectivity index (χ1) is 40.0. The molecule has 0 atom stereocenters. The summed E-state index contributed by atoms with van der Waals surface area (Å²) in [4.78, 5) is 5.17. The molecule has 5 nitrogen and oxygen atoms in total. The Morgan fingerprint density at radius 2 is 1.01 bits per heavy atom. The van der Waals surface area contributed by atoms with Gasteiger partial charge in [0.2, 0.25) is 0 Å². The van der Waals surface area contributed by atoms with E-state index >= 15 is 0 Å². The molecule has 3 aromatic heterocycles. The Morgan fingerprint density at radius 3 is 1.77 bits per heavy atom. The largest absolute Gasteiger partial charge is 0.457 e. The van der Waals surface area contributed by atoms with Gasteiger partial charge in [0.1, 0.15) is 28.7 Å². The van der Waals surface area contributed by atoms with Crippen LogP contribution < -0.4 is 9.30 Å². The standard InChI is InChI=1S/C78H67N4O/c1-76(2,3)55-40-41-79-71(46-55)82-70-48-60(38-39-66(70)73-67-35-19-25-51-24-18-34-64(72(51)67)63-30-13-14-31-65(63)75(73)82)83-59-29-20-28-58(47-59)80-49-81(69-37-16-15-36-68(69)80)74-61(53-27-17-26-52(42-53)50-22-11-10-12-23-50)32-21-33-62(74)54-43-56(77(4,5)6)45-57(44-54)78(7,8)9/h10-49H,1-9H3/q+1. The van der Waals surface area contributed by atoms with Gasteiger partial charge in [0.25, 0.3) is 6.33 Å². The number of rotatable bonds is 8. The van der Waals surface area contributed by atoms with Crippen molar-refractivity contribution in [3.05, 3.63) is 260 Å². The molecule has 13 aromatic rings. The summed E-state index contributed by atoms with van der Waals surface area (Å²) in [5.41, 5.74) is 23.1. The summed E-state index contributed by atoms with van der Waals surface area (Å²) >= 11 is 0. The number of hydrogen-bond acceptors (Lipinski definition) is 2. The van der Waals surface area contributed by atoms with Crippen molar-refractivity contribution in [1.29, 1.82) is 0 Å². The van der Waals surface area contributed by atoms with Crippen molar-refractivity contribution in [2.75, 3.05) is 0 Å². The molecule has 3 heterocycles. The highest BCUT2D eigenvalue weighted by Crippen LogP contribution is 2.53. The maximum Gasteiger partial charge on any atom is 0.255 e. The van der Waals surface area contributed by atoms with Crippen LogP contribution in [-0.2, 0) is 16.2 Å². The van der Waals surface area contributed by atoms with Crippen LogP contribution in [0.25, 0.3) is 117 Å². The van der Waals surface area contributed by atoms with Crippen molar-refractivity contribution >= 4 is 32.7 Å². The molecule has 0 amide bonds. The zero-order valence-corrected chi connectivity index (χ0v) is 48.8. The van der Waals surface area contributed by atoms with Crippen LogP contribution in [0.1, 0.15) is 79.0 Å². The molecular weight excluding hydrogens is 1010 g/mol. The Bertz CT molecular complexity index is 4670. The van der Waals surface area contributed by atoms with Crippen molar-refractivity contribution in [3.63, 3.8) is 0 Å². The van der Waals surface area contributed by atoms with Crippen LogP contribution in [0.4, 0.5) is 0 Å². The minimum atomic E-state index is -0.0880. The number of nitrogens with zero attached hydrogens (tertiary/aromatic N) is 4. The quantitative estimate of drug-likeness (QED) is 0.142. The molecule has 0 saturated heterocycles. The van der Waals surface area contributed by atoms with Gasteiger partial charge in [0, 0.05) is 46.0 Å². The summed E-state index contributed by atoms with van der Waals surface area (Å²) < 4.78 is 14.2. The van der Waals surface area contributed by atoms with Crippen molar-refractivity contribution in [3.8, 4) is 95.6 Å². The van der Waals surface area contributed by atoms with Crippen LogP contribution in [0.2, 0.25) is 0 Å². The lowest BCUT2D eigenvalue weighted by molar-refractivity contribution is -0.566. The first-order valence-electron chi connectivity index (χ1n) is 29.1. The lowest BCUT2D eigenvalue weighted by Crippen LogP contribution is -2.31. The van der Waals surface area contributed by atoms with E-state index in [0.717, 1.165) is 73.0 Å². The van der Waals surface area contributed by atoms with Crippen molar-refractivity contribution in [1.82, 2.24) is 14.1 Å². The number of benzene rings is 10. The second-order valence-corrected chi connectivity index (χ2v) is 25.5. The number of aromatic nitrogens is 4. The van der Waals surface area contributed by atoms with Crippen LogP contribution >= 0.6 is 0 Å². The lowest BCUT2D eigenvalue weighted by atomic mass is 9.78. The number of para-hydroxylation sites is 3. The van der Waals surface area contributed by atoms with Gasteiger partial charge in [-0.05, 0) is 137 Å². The van der Waals surface area contributed by atoms with Crippen LogP contribution in [0.5, 0.6) is 11.5 Å². The maximum atomic E-state index is 7.09. The van der Waals surface area contributed by atoms with E-state index < -0.39 is 0 Å². The van der Waals surface area contributed by atoms with E-state index in [0.29, 0.717) is 0 Å². The second kappa shape index (κ2) is 19.6. The average Bonchev–Trinajstić information content (AvgIpc) is 2.09. The summed E-state index contributed by atoms with van der Waals surface area (Å²) in [5, 5.41) is 3.61. The molecule has 0 unspecified atom stereocenters. The molecule has 404 valence electrons. The van der Waals surface area contributed by atoms with Gasteiger partial charge < -0.3 is 4.74 Å². The van der Waals surface area contributed by atoms with E-state index in [9.17, 15) is 0 Å². The first-order valence-corrected chi connectivity index (χ1v) is 29.1. The summed E-state index contributed by atoms with van der Waals surface area (Å²) in [6.45, 7) is 20.7. The number of imidazole rings is 1. The Hall–Kier alpha value is -9.58. The zero-order chi connectivity index (χ0) is 56.9. The van der Waals surface area contributed by atoms with E-state index in [4.69, 9.17) is 9.72 Å². The molecule has 0 bridgehead atoms. The van der Waals surface area contributed by atoms with Gasteiger partial charge in [-0.25, -0.2) is 4.98 Å². The molecule has 0 aliphatic heterocycles. The molecule has 14 rings (SSSR count). The molecule has 5 heteroatoms. The van der Waals surface area contributed by atoms with Crippen molar-refractivity contribution in [2.45, 2.75) is 78.6 Å².